The van der Waals surface area contributed by atoms with Crippen LogP contribution in [-0.4, -0.2) is 16.9 Å². The summed E-state index contributed by atoms with van der Waals surface area (Å²) in [5.74, 6) is 1.66. The fraction of sp³-hybridized carbons (Fsp3) is 0.400. The number of nitrogens with zero attached hydrogens (tertiary/aromatic N) is 2. The van der Waals surface area contributed by atoms with Crippen molar-refractivity contribution in [1.29, 1.82) is 0 Å². The van der Waals surface area contributed by atoms with E-state index in [2.05, 4.69) is 5.10 Å². The van der Waals surface area contributed by atoms with Crippen molar-refractivity contribution in [2.45, 2.75) is 27.0 Å². The van der Waals surface area contributed by atoms with E-state index in [1.165, 1.54) is 0 Å². The minimum atomic E-state index is 0.446. The van der Waals surface area contributed by atoms with Gasteiger partial charge in [-0.2, -0.15) is 5.10 Å². The van der Waals surface area contributed by atoms with E-state index in [4.69, 9.17) is 15.2 Å². The van der Waals surface area contributed by atoms with Gasteiger partial charge in [-0.05, 0) is 31.5 Å². The van der Waals surface area contributed by atoms with Crippen LogP contribution < -0.4 is 15.2 Å². The van der Waals surface area contributed by atoms with Crippen molar-refractivity contribution in [2.24, 2.45) is 12.8 Å². The SMILES string of the molecule is COc1ccc(COc2c(C)nn(C)c2C)cc1CN. The summed E-state index contributed by atoms with van der Waals surface area (Å²) >= 11 is 0. The molecular formula is C15H21N3O2. The average molecular weight is 275 g/mol. The topological polar surface area (TPSA) is 62.3 Å². The minimum absolute atomic E-state index is 0.446. The van der Waals surface area contributed by atoms with E-state index >= 15 is 0 Å². The standard InChI is InChI=1S/C15H21N3O2/c1-10-15(11(2)18(3)17-10)20-9-12-5-6-14(19-4)13(7-12)8-16/h5-7H,8-9,16H2,1-4H3. The van der Waals surface area contributed by atoms with Gasteiger partial charge < -0.3 is 15.2 Å². The molecule has 2 aromatic rings. The molecule has 1 aromatic carbocycles. The maximum Gasteiger partial charge on any atom is 0.163 e. The van der Waals surface area contributed by atoms with Gasteiger partial charge in [-0.15, -0.1) is 0 Å². The number of ether oxygens (including phenoxy) is 2. The molecule has 0 aliphatic heterocycles. The first-order chi connectivity index (χ1) is 9.56. The Labute approximate surface area is 119 Å². The van der Waals surface area contributed by atoms with E-state index < -0.39 is 0 Å². The van der Waals surface area contributed by atoms with Crippen LogP contribution in [0.25, 0.3) is 0 Å². The molecule has 0 spiro atoms. The number of rotatable bonds is 5. The lowest BCUT2D eigenvalue weighted by Gasteiger charge is -2.10. The summed E-state index contributed by atoms with van der Waals surface area (Å²) < 4.78 is 13.0. The van der Waals surface area contributed by atoms with Gasteiger partial charge in [0.25, 0.3) is 0 Å². The van der Waals surface area contributed by atoms with Crippen LogP contribution >= 0.6 is 0 Å². The zero-order valence-corrected chi connectivity index (χ0v) is 12.4. The van der Waals surface area contributed by atoms with Crippen molar-refractivity contribution in [3.8, 4) is 11.5 Å². The quantitative estimate of drug-likeness (QED) is 0.907. The lowest BCUT2D eigenvalue weighted by atomic mass is 10.1. The van der Waals surface area contributed by atoms with Crippen LogP contribution in [0.3, 0.4) is 0 Å². The smallest absolute Gasteiger partial charge is 0.163 e. The number of nitrogens with two attached hydrogens (primary N) is 1. The molecule has 0 fully saturated rings. The molecular weight excluding hydrogens is 254 g/mol. The first-order valence-electron chi connectivity index (χ1n) is 6.55. The second kappa shape index (κ2) is 5.96. The highest BCUT2D eigenvalue weighted by Gasteiger charge is 2.11. The van der Waals surface area contributed by atoms with E-state index in [1.54, 1.807) is 7.11 Å². The maximum atomic E-state index is 5.88. The molecule has 2 rings (SSSR count). The summed E-state index contributed by atoms with van der Waals surface area (Å²) in [5.41, 5.74) is 9.69. The summed E-state index contributed by atoms with van der Waals surface area (Å²) in [6.07, 6.45) is 0. The Morgan fingerprint density at radius 2 is 2.05 bits per heavy atom. The molecule has 5 heteroatoms. The van der Waals surface area contributed by atoms with E-state index in [0.29, 0.717) is 13.2 Å². The van der Waals surface area contributed by atoms with Crippen LogP contribution in [-0.2, 0) is 20.2 Å². The zero-order chi connectivity index (χ0) is 14.7. The molecule has 1 heterocycles. The molecule has 0 saturated carbocycles. The van der Waals surface area contributed by atoms with Crippen LogP contribution in [0.15, 0.2) is 18.2 Å². The van der Waals surface area contributed by atoms with Crippen molar-refractivity contribution < 1.29 is 9.47 Å². The fourth-order valence-corrected chi connectivity index (χ4v) is 2.20. The van der Waals surface area contributed by atoms with Crippen LogP contribution in [0.2, 0.25) is 0 Å². The van der Waals surface area contributed by atoms with Gasteiger partial charge in [-0.25, -0.2) is 0 Å². The van der Waals surface area contributed by atoms with Crippen LogP contribution in [0, 0.1) is 13.8 Å². The Morgan fingerprint density at radius 3 is 2.60 bits per heavy atom. The van der Waals surface area contributed by atoms with Crippen LogP contribution in [0.4, 0.5) is 0 Å². The molecule has 1 aromatic heterocycles. The van der Waals surface area contributed by atoms with Crippen molar-refractivity contribution in [3.63, 3.8) is 0 Å². The molecule has 20 heavy (non-hydrogen) atoms. The Bertz CT molecular complexity index is 605. The van der Waals surface area contributed by atoms with Gasteiger partial charge in [0.2, 0.25) is 0 Å². The molecule has 2 N–H and O–H groups in total. The third kappa shape index (κ3) is 2.77. The predicted molar refractivity (Wildman–Crippen MR) is 77.9 cm³/mol. The summed E-state index contributed by atoms with van der Waals surface area (Å²) in [6, 6.07) is 5.92. The number of methoxy groups -OCH3 is 1. The van der Waals surface area contributed by atoms with Crippen LogP contribution in [0.1, 0.15) is 22.5 Å². The summed E-state index contributed by atoms with van der Waals surface area (Å²) in [7, 11) is 3.56. The van der Waals surface area contributed by atoms with Gasteiger partial charge in [0.15, 0.2) is 5.75 Å². The normalized spacial score (nSPS) is 10.7. The minimum Gasteiger partial charge on any atom is -0.496 e. The van der Waals surface area contributed by atoms with Crippen molar-refractivity contribution in [3.05, 3.63) is 40.7 Å². The van der Waals surface area contributed by atoms with Crippen LogP contribution in [0.5, 0.6) is 11.5 Å². The summed E-state index contributed by atoms with van der Waals surface area (Å²) in [6.45, 7) is 4.88. The first kappa shape index (κ1) is 14.4. The van der Waals surface area contributed by atoms with E-state index in [-0.39, 0.29) is 0 Å². The molecule has 5 nitrogen and oxygen atoms in total. The molecule has 0 bridgehead atoms. The lowest BCUT2D eigenvalue weighted by Crippen LogP contribution is -2.03. The fourth-order valence-electron chi connectivity index (χ4n) is 2.20. The number of benzene rings is 1. The largest absolute Gasteiger partial charge is 0.496 e. The van der Waals surface area contributed by atoms with Gasteiger partial charge in [-0.1, -0.05) is 6.07 Å². The molecule has 0 unspecified atom stereocenters. The zero-order valence-electron chi connectivity index (χ0n) is 12.4. The van der Waals surface area contributed by atoms with E-state index in [9.17, 15) is 0 Å². The molecule has 0 radical (unpaired) electrons. The lowest BCUT2D eigenvalue weighted by molar-refractivity contribution is 0.301. The number of hydrogen-bond acceptors (Lipinski definition) is 4. The van der Waals surface area contributed by atoms with Gasteiger partial charge in [0.05, 0.1) is 12.8 Å². The second-order valence-corrected chi connectivity index (χ2v) is 4.76. The number of aryl methyl sites for hydroxylation is 2. The number of aromatic nitrogens is 2. The molecule has 0 amide bonds. The molecule has 108 valence electrons. The number of hydrogen-bond donors (Lipinski definition) is 1. The molecule has 0 saturated heterocycles. The Morgan fingerprint density at radius 1 is 1.30 bits per heavy atom. The summed E-state index contributed by atoms with van der Waals surface area (Å²) in [5, 5.41) is 4.34. The third-order valence-corrected chi connectivity index (χ3v) is 3.39. The highest BCUT2D eigenvalue weighted by Crippen LogP contribution is 2.24. The third-order valence-electron chi connectivity index (χ3n) is 3.39. The highest BCUT2D eigenvalue weighted by atomic mass is 16.5. The first-order valence-corrected chi connectivity index (χ1v) is 6.55. The van der Waals surface area contributed by atoms with Gasteiger partial charge in [0, 0.05) is 19.2 Å². The Balaban J connectivity index is 2.15. The van der Waals surface area contributed by atoms with Crippen molar-refractivity contribution >= 4 is 0 Å². The van der Waals surface area contributed by atoms with E-state index in [1.807, 2.05) is 43.8 Å². The van der Waals surface area contributed by atoms with Gasteiger partial charge >= 0.3 is 0 Å². The maximum absolute atomic E-state index is 5.88. The predicted octanol–water partition coefficient (Wildman–Crippen LogP) is 2.08. The molecule has 0 aliphatic rings. The molecule has 0 aliphatic carbocycles. The molecule has 0 atom stereocenters. The van der Waals surface area contributed by atoms with Crippen molar-refractivity contribution in [2.75, 3.05) is 7.11 Å². The average Bonchev–Trinajstić information content (AvgIpc) is 2.70. The van der Waals surface area contributed by atoms with Gasteiger partial charge in [-0.3, -0.25) is 4.68 Å². The van der Waals surface area contributed by atoms with E-state index in [0.717, 1.165) is 34.0 Å². The second-order valence-electron chi connectivity index (χ2n) is 4.76. The monoisotopic (exact) mass is 275 g/mol. The van der Waals surface area contributed by atoms with Crippen molar-refractivity contribution in [1.82, 2.24) is 9.78 Å². The highest BCUT2D eigenvalue weighted by molar-refractivity contribution is 5.37. The Hall–Kier alpha value is -2.01. The van der Waals surface area contributed by atoms with Gasteiger partial charge in [0.1, 0.15) is 18.1 Å². The summed E-state index contributed by atoms with van der Waals surface area (Å²) in [4.78, 5) is 0. The Kier molecular flexibility index (Phi) is 4.29.